The number of amides is 1. The number of aromatic nitrogens is 2. The molecule has 0 bridgehead atoms. The number of rotatable bonds is 5. The van der Waals surface area contributed by atoms with Gasteiger partial charge in [0.15, 0.2) is 0 Å². The maximum Gasteiger partial charge on any atom is 0.220 e. The Morgan fingerprint density at radius 2 is 2.22 bits per heavy atom. The molecule has 0 radical (unpaired) electrons. The molecule has 3 rings (SSSR count). The van der Waals surface area contributed by atoms with Gasteiger partial charge in [-0.3, -0.25) is 9.78 Å². The highest BCUT2D eigenvalue weighted by Gasteiger charge is 2.21. The summed E-state index contributed by atoms with van der Waals surface area (Å²) >= 11 is 0. The summed E-state index contributed by atoms with van der Waals surface area (Å²) in [6.45, 7) is 1.83. The molecule has 1 aliphatic rings. The maximum absolute atomic E-state index is 12.2. The first-order valence-corrected chi connectivity index (χ1v) is 8.15. The van der Waals surface area contributed by atoms with Crippen LogP contribution in [0.4, 0.5) is 5.82 Å². The van der Waals surface area contributed by atoms with E-state index in [-0.39, 0.29) is 11.9 Å². The maximum atomic E-state index is 12.2. The molecule has 23 heavy (non-hydrogen) atoms. The first-order chi connectivity index (χ1) is 11.3. The molecule has 120 valence electrons. The van der Waals surface area contributed by atoms with E-state index in [1.807, 2.05) is 42.7 Å². The SMILES string of the molecule is O=C(CCc1cccnc1)N[C@@H]1CCCN(c2ccccn2)C1. The Bertz CT molecular complexity index is 617. The van der Waals surface area contributed by atoms with Crippen LogP contribution >= 0.6 is 0 Å². The van der Waals surface area contributed by atoms with Crippen molar-refractivity contribution in [1.82, 2.24) is 15.3 Å². The van der Waals surface area contributed by atoms with Gasteiger partial charge in [-0.2, -0.15) is 0 Å². The fourth-order valence-corrected chi connectivity index (χ4v) is 2.95. The summed E-state index contributed by atoms with van der Waals surface area (Å²) in [5.74, 6) is 1.10. The van der Waals surface area contributed by atoms with Crippen LogP contribution in [-0.2, 0) is 11.2 Å². The van der Waals surface area contributed by atoms with Gasteiger partial charge in [0.2, 0.25) is 5.91 Å². The van der Waals surface area contributed by atoms with E-state index in [2.05, 4.69) is 20.2 Å². The van der Waals surface area contributed by atoms with Crippen molar-refractivity contribution in [2.45, 2.75) is 31.7 Å². The van der Waals surface area contributed by atoms with E-state index in [1.165, 1.54) is 0 Å². The number of nitrogens with zero attached hydrogens (tertiary/aromatic N) is 3. The minimum atomic E-state index is 0.113. The molecule has 1 aliphatic heterocycles. The highest BCUT2D eigenvalue weighted by Crippen LogP contribution is 2.17. The average Bonchev–Trinajstić information content (AvgIpc) is 2.62. The van der Waals surface area contributed by atoms with Crippen LogP contribution in [0, 0.1) is 0 Å². The van der Waals surface area contributed by atoms with Crippen molar-refractivity contribution in [1.29, 1.82) is 0 Å². The molecule has 0 aliphatic carbocycles. The fourth-order valence-electron chi connectivity index (χ4n) is 2.95. The van der Waals surface area contributed by atoms with Crippen LogP contribution in [0.1, 0.15) is 24.8 Å². The third kappa shape index (κ3) is 4.52. The molecule has 5 nitrogen and oxygen atoms in total. The molecule has 1 saturated heterocycles. The van der Waals surface area contributed by atoms with E-state index in [1.54, 1.807) is 6.20 Å². The summed E-state index contributed by atoms with van der Waals surface area (Å²) in [6.07, 6.45) is 8.72. The number of pyridine rings is 2. The lowest BCUT2D eigenvalue weighted by atomic mass is 10.0. The molecule has 3 heterocycles. The van der Waals surface area contributed by atoms with Gasteiger partial charge in [-0.25, -0.2) is 4.98 Å². The van der Waals surface area contributed by atoms with Gasteiger partial charge in [0.25, 0.3) is 0 Å². The number of carbonyl (C=O) groups excluding carboxylic acids is 1. The van der Waals surface area contributed by atoms with Crippen molar-refractivity contribution in [3.63, 3.8) is 0 Å². The third-order valence-corrected chi connectivity index (χ3v) is 4.12. The van der Waals surface area contributed by atoms with Crippen LogP contribution in [0.2, 0.25) is 0 Å². The number of carbonyl (C=O) groups is 1. The molecule has 0 spiro atoms. The summed E-state index contributed by atoms with van der Waals surface area (Å²) in [5, 5.41) is 3.16. The predicted molar refractivity (Wildman–Crippen MR) is 90.2 cm³/mol. The summed E-state index contributed by atoms with van der Waals surface area (Å²) in [7, 11) is 0. The Balaban J connectivity index is 1.48. The number of piperidine rings is 1. The van der Waals surface area contributed by atoms with E-state index in [0.29, 0.717) is 6.42 Å². The molecular formula is C18H22N4O. The third-order valence-electron chi connectivity index (χ3n) is 4.12. The summed E-state index contributed by atoms with van der Waals surface area (Å²) in [5.41, 5.74) is 1.10. The second-order valence-electron chi connectivity index (χ2n) is 5.90. The Labute approximate surface area is 136 Å². The Hall–Kier alpha value is -2.43. The van der Waals surface area contributed by atoms with Crippen molar-refractivity contribution in [3.05, 3.63) is 54.5 Å². The Morgan fingerprint density at radius 3 is 3.00 bits per heavy atom. The number of hydrogen-bond donors (Lipinski definition) is 1. The van der Waals surface area contributed by atoms with Gasteiger partial charge in [0.1, 0.15) is 5.82 Å². The van der Waals surface area contributed by atoms with E-state index < -0.39 is 0 Å². The number of anilines is 1. The molecule has 0 aromatic carbocycles. The first kappa shape index (κ1) is 15.5. The van der Waals surface area contributed by atoms with Gasteiger partial charge < -0.3 is 10.2 Å². The molecule has 2 aromatic rings. The minimum absolute atomic E-state index is 0.113. The second-order valence-corrected chi connectivity index (χ2v) is 5.90. The fraction of sp³-hybridized carbons (Fsp3) is 0.389. The predicted octanol–water partition coefficient (Wildman–Crippen LogP) is 2.19. The van der Waals surface area contributed by atoms with Crippen molar-refractivity contribution in [2.75, 3.05) is 18.0 Å². The van der Waals surface area contributed by atoms with Gasteiger partial charge in [0.05, 0.1) is 0 Å². The molecule has 1 fully saturated rings. The van der Waals surface area contributed by atoms with Crippen LogP contribution in [0.25, 0.3) is 0 Å². The highest BCUT2D eigenvalue weighted by atomic mass is 16.1. The average molecular weight is 310 g/mol. The molecule has 2 aromatic heterocycles. The van der Waals surface area contributed by atoms with Crippen LogP contribution < -0.4 is 10.2 Å². The zero-order chi connectivity index (χ0) is 15.9. The normalized spacial score (nSPS) is 17.7. The van der Waals surface area contributed by atoms with Crippen molar-refractivity contribution < 1.29 is 4.79 Å². The molecule has 1 N–H and O–H groups in total. The summed E-state index contributed by atoms with van der Waals surface area (Å²) < 4.78 is 0. The largest absolute Gasteiger partial charge is 0.355 e. The van der Waals surface area contributed by atoms with Crippen LogP contribution in [0.5, 0.6) is 0 Å². The van der Waals surface area contributed by atoms with Crippen molar-refractivity contribution >= 4 is 11.7 Å². The van der Waals surface area contributed by atoms with Crippen LogP contribution in [0.3, 0.4) is 0 Å². The minimum Gasteiger partial charge on any atom is -0.355 e. The van der Waals surface area contributed by atoms with Gasteiger partial charge >= 0.3 is 0 Å². The zero-order valence-electron chi connectivity index (χ0n) is 13.2. The van der Waals surface area contributed by atoms with E-state index in [9.17, 15) is 4.79 Å². The van der Waals surface area contributed by atoms with Crippen molar-refractivity contribution in [3.8, 4) is 0 Å². The van der Waals surface area contributed by atoms with Crippen LogP contribution in [-0.4, -0.2) is 35.0 Å². The standard InChI is InChI=1S/C18H22N4O/c23-18(9-8-15-5-3-10-19-13-15)21-16-6-4-12-22(14-16)17-7-1-2-11-20-17/h1-3,5,7,10-11,13,16H,4,6,8-9,12,14H2,(H,21,23)/t16-/m1/s1. The number of nitrogens with one attached hydrogen (secondary N) is 1. The molecular weight excluding hydrogens is 288 g/mol. The van der Waals surface area contributed by atoms with Gasteiger partial charge in [-0.05, 0) is 43.0 Å². The molecule has 1 atom stereocenters. The molecule has 0 saturated carbocycles. The van der Waals surface area contributed by atoms with Crippen molar-refractivity contribution in [2.24, 2.45) is 0 Å². The summed E-state index contributed by atoms with van der Waals surface area (Å²) in [4.78, 5) is 22.9. The van der Waals surface area contributed by atoms with Gasteiger partial charge in [-0.1, -0.05) is 12.1 Å². The second kappa shape index (κ2) is 7.72. The first-order valence-electron chi connectivity index (χ1n) is 8.15. The van der Waals surface area contributed by atoms with Crippen LogP contribution in [0.15, 0.2) is 48.9 Å². The Morgan fingerprint density at radius 1 is 1.26 bits per heavy atom. The Kier molecular flexibility index (Phi) is 5.19. The van der Waals surface area contributed by atoms with E-state index in [4.69, 9.17) is 0 Å². The monoisotopic (exact) mass is 310 g/mol. The zero-order valence-corrected chi connectivity index (χ0v) is 13.2. The molecule has 5 heteroatoms. The lowest BCUT2D eigenvalue weighted by molar-refractivity contribution is -0.121. The van der Waals surface area contributed by atoms with Gasteiger partial charge in [-0.15, -0.1) is 0 Å². The smallest absolute Gasteiger partial charge is 0.220 e. The molecule has 0 unspecified atom stereocenters. The molecule has 1 amide bonds. The van der Waals surface area contributed by atoms with E-state index >= 15 is 0 Å². The summed E-state index contributed by atoms with van der Waals surface area (Å²) in [6, 6.07) is 10.0. The lowest BCUT2D eigenvalue weighted by Gasteiger charge is -2.34. The van der Waals surface area contributed by atoms with Gasteiger partial charge in [0, 0.05) is 44.1 Å². The number of hydrogen-bond acceptors (Lipinski definition) is 4. The topological polar surface area (TPSA) is 58.1 Å². The number of aryl methyl sites for hydroxylation is 1. The highest BCUT2D eigenvalue weighted by molar-refractivity contribution is 5.76. The quantitative estimate of drug-likeness (QED) is 0.920. The van der Waals surface area contributed by atoms with E-state index in [0.717, 1.165) is 43.7 Å². The lowest BCUT2D eigenvalue weighted by Crippen LogP contribution is -2.48.